The van der Waals surface area contributed by atoms with Crippen molar-refractivity contribution in [3.8, 4) is 0 Å². The van der Waals surface area contributed by atoms with Crippen molar-refractivity contribution >= 4 is 5.82 Å². The normalized spacial score (nSPS) is 29.6. The average molecular weight is 415 g/mol. The minimum absolute atomic E-state index is 0.00718. The Morgan fingerprint density at radius 3 is 2.69 bits per heavy atom. The van der Waals surface area contributed by atoms with Crippen molar-refractivity contribution in [2.75, 3.05) is 18.7 Å². The fraction of sp³-hybridized carbons (Fsp3) is 0.778. The van der Waals surface area contributed by atoms with Crippen molar-refractivity contribution in [2.24, 2.45) is 0 Å². The van der Waals surface area contributed by atoms with Crippen LogP contribution in [0, 0.1) is 0 Å². The van der Waals surface area contributed by atoms with Crippen LogP contribution in [-0.2, 0) is 23.7 Å². The van der Waals surface area contributed by atoms with Gasteiger partial charge in [0.25, 0.3) is 0 Å². The monoisotopic (exact) mass is 415 g/mol. The number of fused-ring (bicyclic) bond motifs is 1. The second-order valence-electron chi connectivity index (χ2n) is 7.97. The van der Waals surface area contributed by atoms with Crippen molar-refractivity contribution in [2.45, 2.75) is 76.8 Å². The van der Waals surface area contributed by atoms with Gasteiger partial charge in [0.1, 0.15) is 23.9 Å². The molecule has 2 saturated heterocycles. The second-order valence-corrected chi connectivity index (χ2v) is 7.97. The van der Waals surface area contributed by atoms with Crippen molar-refractivity contribution in [3.05, 3.63) is 22.7 Å². The summed E-state index contributed by atoms with van der Waals surface area (Å²) in [6.45, 7) is 9.26. The Kier molecular flexibility index (Phi) is 6.30. The first-order chi connectivity index (χ1) is 13.6. The molecule has 29 heavy (non-hydrogen) atoms. The Hall–Kier alpha value is -1.60. The number of aliphatic hydroxyl groups excluding tert-OH is 1. The molecule has 3 heterocycles. The molecule has 2 fully saturated rings. The quantitative estimate of drug-likeness (QED) is 0.410. The number of hydrogen-bond acceptors (Lipinski definition) is 10. The van der Waals surface area contributed by atoms with Crippen LogP contribution in [0.2, 0.25) is 0 Å². The molecule has 164 valence electrons. The summed E-state index contributed by atoms with van der Waals surface area (Å²) in [7, 11) is 0. The summed E-state index contributed by atoms with van der Waals surface area (Å²) in [5.74, 6) is -0.853. The highest BCUT2D eigenvalue weighted by atomic mass is 16.8. The van der Waals surface area contributed by atoms with Crippen LogP contribution in [0.1, 0.15) is 40.8 Å². The van der Waals surface area contributed by atoms with Gasteiger partial charge in [-0.15, -0.1) is 0 Å². The summed E-state index contributed by atoms with van der Waals surface area (Å²) in [5.41, 5.74) is 0.309. The van der Waals surface area contributed by atoms with Gasteiger partial charge in [-0.05, 0) is 40.7 Å². The summed E-state index contributed by atoms with van der Waals surface area (Å²) >= 11 is 0. The summed E-state index contributed by atoms with van der Waals surface area (Å²) in [6.07, 6.45) is -2.23. The molecule has 1 aromatic heterocycles. The van der Waals surface area contributed by atoms with Crippen LogP contribution in [0.5, 0.6) is 0 Å². The van der Waals surface area contributed by atoms with Crippen LogP contribution in [0.4, 0.5) is 5.82 Å². The number of anilines is 1. The Bertz CT molecular complexity index is 768. The molecule has 5 atom stereocenters. The molecule has 3 N–H and O–H groups in total. The Labute approximate surface area is 168 Å². The number of rotatable bonds is 8. The van der Waals surface area contributed by atoms with Gasteiger partial charge < -0.3 is 28.8 Å². The summed E-state index contributed by atoms with van der Waals surface area (Å²) in [6, 6.07) is 1.43. The van der Waals surface area contributed by atoms with Gasteiger partial charge >= 0.3 is 5.69 Å². The van der Waals surface area contributed by atoms with E-state index in [0.29, 0.717) is 6.61 Å². The average Bonchev–Trinajstić information content (AvgIpc) is 3.12. The number of nitrogens with one attached hydrogen (secondary N) is 1. The van der Waals surface area contributed by atoms with Crippen LogP contribution >= 0.6 is 0 Å². The number of aromatic nitrogens is 2. The summed E-state index contributed by atoms with van der Waals surface area (Å²) < 4.78 is 30.3. The van der Waals surface area contributed by atoms with Crippen molar-refractivity contribution in [3.63, 3.8) is 0 Å². The van der Waals surface area contributed by atoms with Crippen LogP contribution in [0.15, 0.2) is 17.1 Å². The van der Waals surface area contributed by atoms with Gasteiger partial charge in [-0.3, -0.25) is 15.3 Å². The summed E-state index contributed by atoms with van der Waals surface area (Å²) in [4.78, 5) is 16.1. The molecular formula is C18H29N3O8. The van der Waals surface area contributed by atoms with Crippen LogP contribution < -0.4 is 11.2 Å². The predicted octanol–water partition coefficient (Wildman–Crippen LogP) is 0.612. The van der Waals surface area contributed by atoms with Gasteiger partial charge in [-0.1, -0.05) is 0 Å². The highest BCUT2D eigenvalue weighted by molar-refractivity contribution is 5.28. The molecule has 2 aliphatic heterocycles. The summed E-state index contributed by atoms with van der Waals surface area (Å²) in [5, 5.41) is 19.2. The van der Waals surface area contributed by atoms with Crippen LogP contribution in [0.25, 0.3) is 0 Å². The zero-order chi connectivity index (χ0) is 21.4. The lowest BCUT2D eigenvalue weighted by molar-refractivity contribution is -0.242. The van der Waals surface area contributed by atoms with E-state index in [-0.39, 0.29) is 12.4 Å². The van der Waals surface area contributed by atoms with E-state index in [4.69, 9.17) is 28.9 Å². The van der Waals surface area contributed by atoms with Gasteiger partial charge in [-0.2, -0.15) is 4.98 Å². The van der Waals surface area contributed by atoms with E-state index in [0.717, 1.165) is 0 Å². The molecule has 1 unspecified atom stereocenters. The molecule has 2 aliphatic rings. The smallest absolute Gasteiger partial charge is 0.351 e. The van der Waals surface area contributed by atoms with Gasteiger partial charge in [0.05, 0.1) is 6.61 Å². The number of ether oxygens (including phenoxy) is 5. The van der Waals surface area contributed by atoms with Gasteiger partial charge in [0, 0.05) is 12.8 Å². The van der Waals surface area contributed by atoms with Crippen molar-refractivity contribution in [1.82, 2.24) is 9.55 Å². The molecule has 3 rings (SSSR count). The van der Waals surface area contributed by atoms with Gasteiger partial charge in [-0.25, -0.2) is 4.79 Å². The van der Waals surface area contributed by atoms with E-state index >= 15 is 0 Å². The van der Waals surface area contributed by atoms with E-state index in [1.807, 2.05) is 12.4 Å². The number of nitrogens with zero attached hydrogens (tertiary/aromatic N) is 2. The van der Waals surface area contributed by atoms with Crippen molar-refractivity contribution < 1.29 is 34.0 Å². The maximum atomic E-state index is 12.3. The highest BCUT2D eigenvalue weighted by Gasteiger charge is 2.56. The first-order valence-corrected chi connectivity index (χ1v) is 9.52. The first kappa shape index (κ1) is 22.1. The molecule has 0 radical (unpaired) electrons. The maximum Gasteiger partial charge on any atom is 0.351 e. The molecule has 11 heteroatoms. The Morgan fingerprint density at radius 1 is 1.38 bits per heavy atom. The van der Waals surface area contributed by atoms with E-state index < -0.39 is 47.9 Å². The number of aliphatic hydroxyl groups is 1. The zero-order valence-electron chi connectivity index (χ0n) is 17.2. The SMILES string of the molecule is CCOC(C)(C)C(O)OC[C@H]1O[C@@H](n2ccc(NO)nc2=O)[C@@H]2OC(C)(C)O[C@@H]21. The third-order valence-corrected chi connectivity index (χ3v) is 4.87. The molecule has 0 aliphatic carbocycles. The molecule has 0 amide bonds. The second kappa shape index (κ2) is 8.26. The lowest BCUT2D eigenvalue weighted by atomic mass is 10.1. The minimum Gasteiger partial charge on any atom is -0.371 e. The molecule has 11 nitrogen and oxygen atoms in total. The standard InChI is InChI=1S/C18H29N3O8/c1-6-26-17(2,3)15(22)25-9-10-12-13(29-18(4,5)28-12)14(27-10)21-8-7-11(20-24)19-16(21)23/h7-8,10,12-15,22,24H,6,9H2,1-5H3,(H,19,20,23)/t10-,12-,13-,14-,15?/m1/s1. The van der Waals surface area contributed by atoms with E-state index in [1.165, 1.54) is 16.8 Å². The van der Waals surface area contributed by atoms with Gasteiger partial charge in [0.2, 0.25) is 0 Å². The molecular weight excluding hydrogens is 386 g/mol. The molecule has 1 aromatic rings. The zero-order valence-corrected chi connectivity index (χ0v) is 17.2. The van der Waals surface area contributed by atoms with E-state index in [9.17, 15) is 9.90 Å². The predicted molar refractivity (Wildman–Crippen MR) is 99.3 cm³/mol. The molecule has 0 aromatic carbocycles. The molecule has 0 spiro atoms. The third-order valence-electron chi connectivity index (χ3n) is 4.87. The van der Waals surface area contributed by atoms with E-state index in [2.05, 4.69) is 4.98 Å². The van der Waals surface area contributed by atoms with Crippen LogP contribution in [-0.4, -0.2) is 69.1 Å². The van der Waals surface area contributed by atoms with Crippen LogP contribution in [0.3, 0.4) is 0 Å². The fourth-order valence-electron chi connectivity index (χ4n) is 3.52. The third kappa shape index (κ3) is 4.61. The lowest BCUT2D eigenvalue weighted by Crippen LogP contribution is -2.43. The Morgan fingerprint density at radius 2 is 2.07 bits per heavy atom. The maximum absolute atomic E-state index is 12.3. The Balaban J connectivity index is 1.77. The van der Waals surface area contributed by atoms with E-state index in [1.54, 1.807) is 27.7 Å². The minimum atomic E-state index is -1.18. The first-order valence-electron chi connectivity index (χ1n) is 9.52. The lowest BCUT2D eigenvalue weighted by Gasteiger charge is -2.31. The van der Waals surface area contributed by atoms with Gasteiger partial charge in [0.15, 0.2) is 24.1 Å². The largest absolute Gasteiger partial charge is 0.371 e. The van der Waals surface area contributed by atoms with Crippen molar-refractivity contribution in [1.29, 1.82) is 0 Å². The fourth-order valence-corrected chi connectivity index (χ4v) is 3.52. The molecule has 0 bridgehead atoms. The number of hydrogen-bond donors (Lipinski definition) is 3. The molecule has 0 saturated carbocycles. The topological polar surface area (TPSA) is 134 Å². The highest BCUT2D eigenvalue weighted by Crippen LogP contribution is 2.42.